The van der Waals surface area contributed by atoms with Crippen LogP contribution in [0.2, 0.25) is 5.02 Å². The number of hydrogen-bond donors (Lipinski definition) is 2. The van der Waals surface area contributed by atoms with Gasteiger partial charge in [-0.25, -0.2) is 0 Å². The third kappa shape index (κ3) is 2.79. The van der Waals surface area contributed by atoms with Crippen LogP contribution in [0.1, 0.15) is 30.0 Å². The molecule has 4 heteroatoms. The Bertz CT molecular complexity index is 417. The molecule has 18 heavy (non-hydrogen) atoms. The molecule has 1 aliphatic rings. The number of aryl methyl sites for hydroxylation is 1. The lowest BCUT2D eigenvalue weighted by molar-refractivity contribution is 0.317. The summed E-state index contributed by atoms with van der Waals surface area (Å²) in [7, 11) is 1.69. The number of nitrogens with two attached hydrogens (primary N) is 1. The number of methoxy groups -OCH3 is 1. The lowest BCUT2D eigenvalue weighted by Crippen LogP contribution is -2.36. The lowest BCUT2D eigenvalue weighted by atomic mass is 9.87. The van der Waals surface area contributed by atoms with Gasteiger partial charge in [0, 0.05) is 16.6 Å². The van der Waals surface area contributed by atoms with Crippen LogP contribution in [0.25, 0.3) is 0 Å². The predicted molar refractivity (Wildman–Crippen MR) is 75.3 cm³/mol. The molecular formula is C14H21ClN2O. The molecule has 2 rings (SSSR count). The molecule has 1 aromatic rings. The first-order valence-electron chi connectivity index (χ1n) is 6.44. The third-order valence-corrected chi connectivity index (χ3v) is 3.89. The van der Waals surface area contributed by atoms with Crippen LogP contribution in [0.15, 0.2) is 12.1 Å². The summed E-state index contributed by atoms with van der Waals surface area (Å²) >= 11 is 6.14. The number of nitrogens with one attached hydrogen (secondary N) is 1. The molecule has 3 nitrogen and oxygen atoms in total. The van der Waals surface area contributed by atoms with E-state index in [0.29, 0.717) is 5.92 Å². The molecule has 0 bridgehead atoms. The highest BCUT2D eigenvalue weighted by Gasteiger charge is 2.25. The molecule has 0 amide bonds. The lowest BCUT2D eigenvalue weighted by Gasteiger charge is -2.29. The van der Waals surface area contributed by atoms with E-state index in [9.17, 15) is 0 Å². The second-order valence-electron chi connectivity index (χ2n) is 4.98. The Balaban J connectivity index is 2.30. The Hall–Kier alpha value is -0.770. The largest absolute Gasteiger partial charge is 0.496 e. The number of ether oxygens (including phenoxy) is 1. The Labute approximate surface area is 114 Å². The van der Waals surface area contributed by atoms with E-state index in [-0.39, 0.29) is 6.04 Å². The summed E-state index contributed by atoms with van der Waals surface area (Å²) in [6.45, 7) is 4.06. The van der Waals surface area contributed by atoms with Crippen molar-refractivity contribution in [3.63, 3.8) is 0 Å². The maximum Gasteiger partial charge on any atom is 0.126 e. The molecule has 0 radical (unpaired) electrons. The van der Waals surface area contributed by atoms with Crippen molar-refractivity contribution in [1.29, 1.82) is 0 Å². The van der Waals surface area contributed by atoms with Gasteiger partial charge in [0.1, 0.15) is 5.75 Å². The number of hydrogen-bond acceptors (Lipinski definition) is 3. The van der Waals surface area contributed by atoms with E-state index >= 15 is 0 Å². The zero-order valence-corrected chi connectivity index (χ0v) is 11.8. The van der Waals surface area contributed by atoms with Crippen molar-refractivity contribution in [3.8, 4) is 5.75 Å². The summed E-state index contributed by atoms with van der Waals surface area (Å²) in [5.41, 5.74) is 8.47. The van der Waals surface area contributed by atoms with E-state index in [4.69, 9.17) is 22.1 Å². The van der Waals surface area contributed by atoms with Crippen LogP contribution < -0.4 is 15.8 Å². The average molecular weight is 269 g/mol. The Morgan fingerprint density at radius 3 is 2.89 bits per heavy atom. The number of piperidine rings is 1. The first-order chi connectivity index (χ1) is 8.63. The first-order valence-corrected chi connectivity index (χ1v) is 6.81. The SMILES string of the molecule is COc1c(C)cc(Cl)cc1C(N)C1CCCNC1. The standard InChI is InChI=1S/C14H21ClN2O/c1-9-6-11(15)7-12(14(9)18-2)13(16)10-4-3-5-17-8-10/h6-7,10,13,17H,3-5,8,16H2,1-2H3. The van der Waals surface area contributed by atoms with Gasteiger partial charge in [-0.15, -0.1) is 0 Å². The molecule has 2 atom stereocenters. The molecule has 0 spiro atoms. The molecule has 0 aliphatic carbocycles. The van der Waals surface area contributed by atoms with E-state index in [0.717, 1.165) is 41.4 Å². The molecule has 3 N–H and O–H groups in total. The first kappa shape index (κ1) is 13.7. The van der Waals surface area contributed by atoms with Gasteiger partial charge in [0.05, 0.1) is 7.11 Å². The Morgan fingerprint density at radius 2 is 2.28 bits per heavy atom. The second-order valence-corrected chi connectivity index (χ2v) is 5.41. The molecule has 100 valence electrons. The second kappa shape index (κ2) is 5.91. The van der Waals surface area contributed by atoms with Crippen molar-refractivity contribution in [1.82, 2.24) is 5.32 Å². The topological polar surface area (TPSA) is 47.3 Å². The summed E-state index contributed by atoms with van der Waals surface area (Å²) in [6.07, 6.45) is 2.34. The maximum atomic E-state index is 6.41. The van der Waals surface area contributed by atoms with Crippen molar-refractivity contribution in [3.05, 3.63) is 28.3 Å². The number of halogens is 1. The average Bonchev–Trinajstić information content (AvgIpc) is 2.38. The van der Waals surface area contributed by atoms with Crippen molar-refractivity contribution >= 4 is 11.6 Å². The molecule has 1 fully saturated rings. The molecule has 2 unspecified atom stereocenters. The van der Waals surface area contributed by atoms with Gasteiger partial charge >= 0.3 is 0 Å². The fraction of sp³-hybridized carbons (Fsp3) is 0.571. The van der Waals surface area contributed by atoms with Crippen LogP contribution in [0.4, 0.5) is 0 Å². The van der Waals surface area contributed by atoms with Crippen LogP contribution in [-0.4, -0.2) is 20.2 Å². The van der Waals surface area contributed by atoms with Gasteiger partial charge in [-0.1, -0.05) is 11.6 Å². The van der Waals surface area contributed by atoms with Crippen molar-refractivity contribution < 1.29 is 4.74 Å². The summed E-state index contributed by atoms with van der Waals surface area (Å²) in [5, 5.41) is 4.12. The van der Waals surface area contributed by atoms with Gasteiger partial charge in [0.2, 0.25) is 0 Å². The highest BCUT2D eigenvalue weighted by atomic mass is 35.5. The summed E-state index contributed by atoms with van der Waals surface area (Å²) in [4.78, 5) is 0. The quantitative estimate of drug-likeness (QED) is 0.886. The molecule has 0 saturated carbocycles. The maximum absolute atomic E-state index is 6.41. The minimum atomic E-state index is -0.0230. The monoisotopic (exact) mass is 268 g/mol. The van der Waals surface area contributed by atoms with Gasteiger partial charge in [-0.05, 0) is 56.5 Å². The summed E-state index contributed by atoms with van der Waals surface area (Å²) < 4.78 is 5.48. The third-order valence-electron chi connectivity index (χ3n) is 3.67. The summed E-state index contributed by atoms with van der Waals surface area (Å²) in [6, 6.07) is 3.83. The Kier molecular flexibility index (Phi) is 4.49. The highest BCUT2D eigenvalue weighted by Crippen LogP contribution is 2.35. The molecular weight excluding hydrogens is 248 g/mol. The van der Waals surface area contributed by atoms with Crippen molar-refractivity contribution in [2.24, 2.45) is 11.7 Å². The number of benzene rings is 1. The van der Waals surface area contributed by atoms with E-state index < -0.39 is 0 Å². The molecule has 1 saturated heterocycles. The van der Waals surface area contributed by atoms with Gasteiger partial charge in [0.15, 0.2) is 0 Å². The fourth-order valence-corrected chi connectivity index (χ4v) is 3.00. The van der Waals surface area contributed by atoms with Crippen molar-refractivity contribution in [2.75, 3.05) is 20.2 Å². The highest BCUT2D eigenvalue weighted by molar-refractivity contribution is 6.30. The van der Waals surface area contributed by atoms with E-state index in [1.807, 2.05) is 19.1 Å². The van der Waals surface area contributed by atoms with E-state index in [2.05, 4.69) is 5.32 Å². The van der Waals surface area contributed by atoms with E-state index in [1.54, 1.807) is 7.11 Å². The van der Waals surface area contributed by atoms with Crippen LogP contribution >= 0.6 is 11.6 Å². The summed E-state index contributed by atoms with van der Waals surface area (Å²) in [5.74, 6) is 1.32. The Morgan fingerprint density at radius 1 is 1.50 bits per heavy atom. The van der Waals surface area contributed by atoms with Crippen LogP contribution in [0, 0.1) is 12.8 Å². The van der Waals surface area contributed by atoms with Crippen LogP contribution in [0.5, 0.6) is 5.75 Å². The van der Waals surface area contributed by atoms with Crippen molar-refractivity contribution in [2.45, 2.75) is 25.8 Å². The van der Waals surface area contributed by atoms with Crippen LogP contribution in [0.3, 0.4) is 0 Å². The normalized spacial score (nSPS) is 21.7. The van der Waals surface area contributed by atoms with E-state index in [1.165, 1.54) is 6.42 Å². The molecule has 1 aromatic carbocycles. The predicted octanol–water partition coefficient (Wildman–Crippen LogP) is 2.66. The van der Waals surface area contributed by atoms with Gasteiger partial charge in [0.25, 0.3) is 0 Å². The molecule has 1 heterocycles. The molecule has 0 aromatic heterocycles. The number of rotatable bonds is 3. The van der Waals surface area contributed by atoms with Crippen LogP contribution in [-0.2, 0) is 0 Å². The zero-order chi connectivity index (χ0) is 13.1. The van der Waals surface area contributed by atoms with Gasteiger partial charge < -0.3 is 15.8 Å². The minimum Gasteiger partial charge on any atom is -0.496 e. The minimum absolute atomic E-state index is 0.0230. The van der Waals surface area contributed by atoms with Gasteiger partial charge in [-0.3, -0.25) is 0 Å². The fourth-order valence-electron chi connectivity index (χ4n) is 2.72. The molecule has 1 aliphatic heterocycles. The smallest absolute Gasteiger partial charge is 0.126 e. The van der Waals surface area contributed by atoms with Gasteiger partial charge in [-0.2, -0.15) is 0 Å². The zero-order valence-electron chi connectivity index (χ0n) is 11.0.